The van der Waals surface area contributed by atoms with Gasteiger partial charge >= 0.3 is 5.97 Å². The van der Waals surface area contributed by atoms with Crippen LogP contribution in [-0.4, -0.2) is 16.1 Å². The topological polar surface area (TPSA) is 50.2 Å². The SMILES string of the molecule is O=C(O)c1cncc(C(F)F)c1CBr. The smallest absolute Gasteiger partial charge is 0.337 e. The van der Waals surface area contributed by atoms with Gasteiger partial charge in [-0.15, -0.1) is 0 Å². The molecule has 0 amide bonds. The van der Waals surface area contributed by atoms with E-state index in [2.05, 4.69) is 20.9 Å². The number of aromatic carboxylic acids is 1. The fourth-order valence-electron chi connectivity index (χ4n) is 1.02. The van der Waals surface area contributed by atoms with Gasteiger partial charge in [-0.3, -0.25) is 4.98 Å². The predicted octanol–water partition coefficient (Wildman–Crippen LogP) is 2.61. The zero-order chi connectivity index (χ0) is 10.7. The van der Waals surface area contributed by atoms with Crippen LogP contribution < -0.4 is 0 Å². The molecule has 0 spiro atoms. The highest BCUT2D eigenvalue weighted by Gasteiger charge is 2.19. The highest BCUT2D eigenvalue weighted by atomic mass is 79.9. The van der Waals surface area contributed by atoms with Crippen molar-refractivity contribution in [3.8, 4) is 0 Å². The van der Waals surface area contributed by atoms with Gasteiger partial charge in [-0.2, -0.15) is 0 Å². The largest absolute Gasteiger partial charge is 0.478 e. The Balaban J connectivity index is 3.32. The van der Waals surface area contributed by atoms with Gasteiger partial charge in [0.05, 0.1) is 5.56 Å². The van der Waals surface area contributed by atoms with Crippen LogP contribution in [0.25, 0.3) is 0 Å². The van der Waals surface area contributed by atoms with Crippen molar-refractivity contribution in [1.82, 2.24) is 4.98 Å². The number of pyridine rings is 1. The second-order valence-electron chi connectivity index (χ2n) is 2.49. The van der Waals surface area contributed by atoms with Gasteiger partial charge in [0.15, 0.2) is 0 Å². The van der Waals surface area contributed by atoms with E-state index < -0.39 is 12.4 Å². The predicted molar refractivity (Wildman–Crippen MR) is 48.8 cm³/mol. The number of rotatable bonds is 3. The van der Waals surface area contributed by atoms with E-state index in [4.69, 9.17) is 5.11 Å². The first-order chi connectivity index (χ1) is 6.57. The van der Waals surface area contributed by atoms with Gasteiger partial charge in [0.1, 0.15) is 0 Å². The molecule has 0 radical (unpaired) electrons. The van der Waals surface area contributed by atoms with Crippen molar-refractivity contribution in [2.45, 2.75) is 11.8 Å². The average Bonchev–Trinajstić information content (AvgIpc) is 2.16. The molecule has 0 bridgehead atoms. The first-order valence-corrected chi connectivity index (χ1v) is 4.74. The van der Waals surface area contributed by atoms with Gasteiger partial charge < -0.3 is 5.11 Å². The molecule has 3 nitrogen and oxygen atoms in total. The van der Waals surface area contributed by atoms with Crippen molar-refractivity contribution < 1.29 is 18.7 Å². The summed E-state index contributed by atoms with van der Waals surface area (Å²) in [4.78, 5) is 14.1. The van der Waals surface area contributed by atoms with Gasteiger partial charge in [-0.1, -0.05) is 15.9 Å². The third kappa shape index (κ3) is 2.06. The van der Waals surface area contributed by atoms with Crippen LogP contribution in [0.3, 0.4) is 0 Å². The maximum absolute atomic E-state index is 12.4. The summed E-state index contributed by atoms with van der Waals surface area (Å²) in [6.07, 6.45) is -0.673. The molecular weight excluding hydrogens is 260 g/mol. The second kappa shape index (κ2) is 4.45. The molecule has 1 aromatic rings. The van der Waals surface area contributed by atoms with E-state index in [1.54, 1.807) is 0 Å². The molecule has 0 aromatic carbocycles. The molecule has 0 aliphatic rings. The summed E-state index contributed by atoms with van der Waals surface area (Å²) in [7, 11) is 0. The number of hydrogen-bond donors (Lipinski definition) is 1. The molecule has 0 unspecified atom stereocenters. The molecule has 1 N–H and O–H groups in total. The van der Waals surface area contributed by atoms with Crippen LogP contribution in [0.2, 0.25) is 0 Å². The van der Waals surface area contributed by atoms with Crippen molar-refractivity contribution in [3.63, 3.8) is 0 Å². The van der Waals surface area contributed by atoms with Crippen LogP contribution in [0.15, 0.2) is 12.4 Å². The fourth-order valence-corrected chi connectivity index (χ4v) is 1.65. The lowest BCUT2D eigenvalue weighted by atomic mass is 10.1. The number of alkyl halides is 3. The average molecular weight is 266 g/mol. The molecule has 0 aliphatic heterocycles. The summed E-state index contributed by atoms with van der Waals surface area (Å²) in [5, 5.41) is 8.76. The van der Waals surface area contributed by atoms with Gasteiger partial charge in [-0.25, -0.2) is 13.6 Å². The molecule has 0 aliphatic carbocycles. The highest BCUT2D eigenvalue weighted by molar-refractivity contribution is 9.08. The fraction of sp³-hybridized carbons (Fsp3) is 0.250. The van der Waals surface area contributed by atoms with Gasteiger partial charge in [-0.05, 0) is 5.56 Å². The Bertz CT molecular complexity index is 357. The first-order valence-electron chi connectivity index (χ1n) is 3.62. The Hall–Kier alpha value is -1.04. The van der Waals surface area contributed by atoms with Crippen LogP contribution in [0.4, 0.5) is 8.78 Å². The van der Waals surface area contributed by atoms with Gasteiger partial charge in [0.25, 0.3) is 6.43 Å². The minimum absolute atomic E-state index is 0.0663. The molecule has 76 valence electrons. The summed E-state index contributed by atoms with van der Waals surface area (Å²) in [6.45, 7) is 0. The quantitative estimate of drug-likeness (QED) is 0.855. The second-order valence-corrected chi connectivity index (χ2v) is 3.06. The summed E-state index contributed by atoms with van der Waals surface area (Å²) in [6, 6.07) is 0. The first kappa shape index (κ1) is 11.0. The van der Waals surface area contributed by atoms with E-state index in [1.807, 2.05) is 0 Å². The number of carboxylic acids is 1. The van der Waals surface area contributed by atoms with E-state index in [0.717, 1.165) is 12.4 Å². The minimum Gasteiger partial charge on any atom is -0.478 e. The van der Waals surface area contributed by atoms with E-state index in [1.165, 1.54) is 0 Å². The third-order valence-electron chi connectivity index (χ3n) is 1.69. The van der Waals surface area contributed by atoms with E-state index in [0.29, 0.717) is 0 Å². The van der Waals surface area contributed by atoms with Crippen LogP contribution in [-0.2, 0) is 5.33 Å². The summed E-state index contributed by atoms with van der Waals surface area (Å²) in [5.41, 5.74) is -0.469. The number of carbonyl (C=O) groups is 1. The Kier molecular flexibility index (Phi) is 3.51. The lowest BCUT2D eigenvalue weighted by molar-refractivity contribution is 0.0695. The molecular formula is C8H6BrF2NO2. The molecule has 6 heteroatoms. The zero-order valence-corrected chi connectivity index (χ0v) is 8.46. The third-order valence-corrected chi connectivity index (χ3v) is 2.25. The van der Waals surface area contributed by atoms with Crippen molar-refractivity contribution in [1.29, 1.82) is 0 Å². The number of halogens is 3. The number of carboxylic acid groups (broad SMARTS) is 1. The number of aromatic nitrogens is 1. The Morgan fingerprint density at radius 2 is 2.21 bits per heavy atom. The normalized spacial score (nSPS) is 10.6. The van der Waals surface area contributed by atoms with Gasteiger partial charge in [0, 0.05) is 23.3 Å². The Labute approximate surface area is 86.9 Å². The standard InChI is InChI=1S/C8H6BrF2NO2/c9-1-4-5(7(10)11)2-12-3-6(4)8(13)14/h2-3,7H,1H2,(H,13,14). The molecule has 0 atom stereocenters. The van der Waals surface area contributed by atoms with Crippen molar-refractivity contribution in [2.75, 3.05) is 0 Å². The lowest BCUT2D eigenvalue weighted by Gasteiger charge is -2.07. The van der Waals surface area contributed by atoms with Crippen molar-refractivity contribution in [3.05, 3.63) is 29.1 Å². The highest BCUT2D eigenvalue weighted by Crippen LogP contribution is 2.26. The summed E-state index contributed by atoms with van der Waals surface area (Å²) < 4.78 is 24.8. The zero-order valence-electron chi connectivity index (χ0n) is 6.88. The van der Waals surface area contributed by atoms with E-state index in [-0.39, 0.29) is 22.0 Å². The van der Waals surface area contributed by atoms with Crippen LogP contribution in [0, 0.1) is 0 Å². The summed E-state index contributed by atoms with van der Waals surface area (Å²) >= 11 is 2.97. The number of hydrogen-bond acceptors (Lipinski definition) is 2. The van der Waals surface area contributed by atoms with Crippen molar-refractivity contribution in [2.24, 2.45) is 0 Å². The van der Waals surface area contributed by atoms with Crippen molar-refractivity contribution >= 4 is 21.9 Å². The van der Waals surface area contributed by atoms with E-state index in [9.17, 15) is 13.6 Å². The molecule has 14 heavy (non-hydrogen) atoms. The van der Waals surface area contributed by atoms with Crippen LogP contribution >= 0.6 is 15.9 Å². The minimum atomic E-state index is -2.71. The monoisotopic (exact) mass is 265 g/mol. The van der Waals surface area contributed by atoms with E-state index >= 15 is 0 Å². The lowest BCUT2D eigenvalue weighted by Crippen LogP contribution is -2.06. The molecule has 0 fully saturated rings. The molecule has 1 rings (SSSR count). The molecule has 0 saturated heterocycles. The van der Waals surface area contributed by atoms with Crippen LogP contribution in [0.5, 0.6) is 0 Å². The number of nitrogens with zero attached hydrogens (tertiary/aromatic N) is 1. The Morgan fingerprint density at radius 1 is 1.57 bits per heavy atom. The Morgan fingerprint density at radius 3 is 2.64 bits per heavy atom. The molecule has 1 heterocycles. The molecule has 1 aromatic heterocycles. The molecule has 0 saturated carbocycles. The van der Waals surface area contributed by atoms with Gasteiger partial charge in [0.2, 0.25) is 0 Å². The van der Waals surface area contributed by atoms with Crippen LogP contribution in [0.1, 0.15) is 27.9 Å². The maximum atomic E-state index is 12.4. The maximum Gasteiger partial charge on any atom is 0.337 e. The summed E-state index contributed by atoms with van der Waals surface area (Å²) in [5.74, 6) is -1.26.